The second-order valence-corrected chi connectivity index (χ2v) is 11.6. The molecule has 0 spiro atoms. The Hall–Kier alpha value is -3.69. The Morgan fingerprint density at radius 1 is 1.07 bits per heavy atom. The van der Waals surface area contributed by atoms with Gasteiger partial charge < -0.3 is 15.0 Å². The number of aromatic nitrogens is 2. The Morgan fingerprint density at radius 3 is 2.27 bits per heavy atom. The number of hydrogen-bond donors (Lipinski definition) is 1. The van der Waals surface area contributed by atoms with Gasteiger partial charge in [-0.2, -0.15) is 30.7 Å². The van der Waals surface area contributed by atoms with Crippen LogP contribution in [-0.2, 0) is 14.5 Å². The van der Waals surface area contributed by atoms with Crippen LogP contribution in [0, 0.1) is 12.7 Å². The number of rotatable bonds is 8. The molecule has 1 heterocycles. The maximum Gasteiger partial charge on any atom is 0.406 e. The average Bonchev–Trinajstić information content (AvgIpc) is 2.76. The Labute approximate surface area is 224 Å². The number of nitrogens with zero attached hydrogens (tertiary/aromatic N) is 4. The largest absolute Gasteiger partial charge is 0.479 e. The number of aryl methyl sites for hydroxylation is 1. The normalized spacial score (nSPS) is 13.2. The van der Waals surface area contributed by atoms with E-state index in [0.717, 1.165) is 19.1 Å². The molecule has 0 saturated carbocycles. The van der Waals surface area contributed by atoms with Crippen molar-refractivity contribution in [1.82, 2.24) is 14.9 Å². The molecule has 0 aliphatic carbocycles. The first-order valence-electron chi connectivity index (χ1n) is 11.4. The van der Waals surface area contributed by atoms with Crippen molar-refractivity contribution in [2.75, 3.05) is 30.9 Å². The highest BCUT2D eigenvalue weighted by Crippen LogP contribution is 2.34. The highest BCUT2D eigenvalue weighted by atomic mass is 32.2. The van der Waals surface area contributed by atoms with Gasteiger partial charge in [0.1, 0.15) is 36.8 Å². The van der Waals surface area contributed by atoms with Crippen LogP contribution in [0.3, 0.4) is 0 Å². The molecule has 218 valence electrons. The van der Waals surface area contributed by atoms with Gasteiger partial charge in [0.2, 0.25) is 0 Å². The summed E-state index contributed by atoms with van der Waals surface area (Å²) in [6.07, 6.45) is -7.92. The maximum atomic E-state index is 14.1. The van der Waals surface area contributed by atoms with Gasteiger partial charge in [0.15, 0.2) is 6.10 Å². The lowest BCUT2D eigenvalue weighted by Gasteiger charge is -2.28. The predicted octanol–water partition coefficient (Wildman–Crippen LogP) is 5.90. The van der Waals surface area contributed by atoms with Crippen LogP contribution in [-0.4, -0.2) is 69.0 Å². The van der Waals surface area contributed by atoms with Gasteiger partial charge in [-0.05, 0) is 43.7 Å². The molecule has 0 unspecified atom stereocenters. The molecule has 2 aromatic carbocycles. The van der Waals surface area contributed by atoms with Crippen LogP contribution in [0.25, 0.3) is 10.9 Å². The number of alkyl halides is 6. The van der Waals surface area contributed by atoms with Crippen LogP contribution in [0.2, 0.25) is 0 Å². The van der Waals surface area contributed by atoms with Gasteiger partial charge in [-0.3, -0.25) is 4.79 Å². The van der Waals surface area contributed by atoms with E-state index in [-0.39, 0.29) is 17.3 Å². The van der Waals surface area contributed by atoms with Crippen molar-refractivity contribution < 1.29 is 44.5 Å². The van der Waals surface area contributed by atoms with Crippen molar-refractivity contribution in [2.45, 2.75) is 32.3 Å². The fourth-order valence-corrected chi connectivity index (χ4v) is 4.35. The minimum absolute atomic E-state index is 0.0116. The smallest absolute Gasteiger partial charge is 0.406 e. The number of ether oxygens (including phenoxy) is 1. The summed E-state index contributed by atoms with van der Waals surface area (Å²) in [5.41, 5.74) is 1.44. The summed E-state index contributed by atoms with van der Waals surface area (Å²) in [4.78, 5) is 20.5. The van der Waals surface area contributed by atoms with Crippen LogP contribution in [0.4, 0.5) is 47.9 Å². The van der Waals surface area contributed by atoms with E-state index in [1.54, 1.807) is 19.1 Å². The number of halogens is 7. The number of amides is 1. The van der Waals surface area contributed by atoms with Crippen LogP contribution in [0.15, 0.2) is 41.0 Å². The molecule has 1 amide bonds. The quantitative estimate of drug-likeness (QED) is 0.326. The molecule has 16 heteroatoms. The zero-order valence-corrected chi connectivity index (χ0v) is 22.3. The highest BCUT2D eigenvalue weighted by molar-refractivity contribution is 7.92. The third kappa shape index (κ3) is 8.66. The van der Waals surface area contributed by atoms with E-state index in [0.29, 0.717) is 22.2 Å². The van der Waals surface area contributed by atoms with E-state index in [4.69, 9.17) is 4.74 Å². The summed E-state index contributed by atoms with van der Waals surface area (Å²) in [7, 11) is -2.47. The van der Waals surface area contributed by atoms with Gasteiger partial charge in [-0.15, -0.1) is 0 Å². The third-order valence-electron chi connectivity index (χ3n) is 5.15. The van der Waals surface area contributed by atoms with Gasteiger partial charge in [0.25, 0.3) is 5.91 Å². The molecule has 1 N–H and O–H groups in total. The van der Waals surface area contributed by atoms with Crippen LogP contribution in [0.1, 0.15) is 12.5 Å². The molecule has 0 aliphatic rings. The van der Waals surface area contributed by atoms with Crippen LogP contribution < -0.4 is 10.1 Å². The Balaban J connectivity index is 1.95. The first kappa shape index (κ1) is 30.8. The lowest BCUT2D eigenvalue weighted by atomic mass is 10.1. The number of carbonyl (C=O) groups is 1. The summed E-state index contributed by atoms with van der Waals surface area (Å²) in [5, 5.41) is 3.37. The average molecular weight is 596 g/mol. The maximum absolute atomic E-state index is 14.1. The highest BCUT2D eigenvalue weighted by Gasteiger charge is 2.41. The SMILES string of the molecule is Cc1cc(N=S(C)(C)=O)cc2ncnc(Nc3ccc(F)cc3O[C@H](C)C(=O)N(CC(F)(F)F)CC(F)(F)F)c12. The third-order valence-corrected chi connectivity index (χ3v) is 5.80. The van der Waals surface area contributed by atoms with Crippen molar-refractivity contribution >= 4 is 43.7 Å². The fraction of sp³-hybridized carbons (Fsp3) is 0.375. The number of nitrogens with one attached hydrogen (secondary N) is 1. The molecule has 0 radical (unpaired) electrons. The van der Waals surface area contributed by atoms with Crippen molar-refractivity contribution in [2.24, 2.45) is 4.36 Å². The van der Waals surface area contributed by atoms with E-state index in [1.165, 1.54) is 24.9 Å². The molecule has 1 atom stereocenters. The number of anilines is 2. The van der Waals surface area contributed by atoms with E-state index in [1.807, 2.05) is 0 Å². The van der Waals surface area contributed by atoms with E-state index in [9.17, 15) is 39.7 Å². The summed E-state index contributed by atoms with van der Waals surface area (Å²) in [6, 6.07) is 6.24. The standard InChI is InChI=1S/C24H24F7N5O3S/c1-13-7-16(35-40(3,4)38)9-18-20(13)21(33-12-32-18)34-17-6-5-15(25)8-19(17)39-14(2)22(37)36(10-23(26,27)28)11-24(29,30)31/h5-9,12,14H,10-11H2,1-4H3,(H,32,33,34)/t14-/m1/s1. The number of carbonyl (C=O) groups excluding carboxylic acids is 1. The van der Waals surface area contributed by atoms with Crippen molar-refractivity contribution in [3.63, 3.8) is 0 Å². The molecule has 3 aromatic rings. The summed E-state index contributed by atoms with van der Waals surface area (Å²) in [6.45, 7) is -1.65. The Kier molecular flexibility index (Phi) is 8.81. The van der Waals surface area contributed by atoms with Gasteiger partial charge >= 0.3 is 12.4 Å². The molecule has 3 rings (SSSR count). The first-order chi connectivity index (χ1) is 18.3. The van der Waals surface area contributed by atoms with Gasteiger partial charge in [-0.1, -0.05) is 0 Å². The van der Waals surface area contributed by atoms with Crippen LogP contribution >= 0.6 is 0 Å². The van der Waals surface area contributed by atoms with E-state index >= 15 is 0 Å². The lowest BCUT2D eigenvalue weighted by Crippen LogP contribution is -2.48. The molecule has 8 nitrogen and oxygen atoms in total. The van der Waals surface area contributed by atoms with E-state index < -0.39 is 57.9 Å². The minimum atomic E-state index is -5.10. The molecule has 0 bridgehead atoms. The summed E-state index contributed by atoms with van der Waals surface area (Å²) in [5.74, 6) is -2.63. The number of hydrogen-bond acceptors (Lipinski definition) is 7. The molecule has 1 aromatic heterocycles. The van der Waals surface area contributed by atoms with Crippen LogP contribution in [0.5, 0.6) is 5.75 Å². The molecule has 0 aliphatic heterocycles. The molecular weight excluding hydrogens is 571 g/mol. The lowest BCUT2D eigenvalue weighted by molar-refractivity contribution is -0.190. The topological polar surface area (TPSA) is 96.8 Å². The Morgan fingerprint density at radius 2 is 1.70 bits per heavy atom. The summed E-state index contributed by atoms with van der Waals surface area (Å²) < 4.78 is 113. The minimum Gasteiger partial charge on any atom is -0.479 e. The van der Waals surface area contributed by atoms with Gasteiger partial charge in [0.05, 0.1) is 16.9 Å². The fourth-order valence-electron chi connectivity index (χ4n) is 3.74. The monoisotopic (exact) mass is 595 g/mol. The number of benzene rings is 2. The Bertz CT molecular complexity index is 1510. The second kappa shape index (κ2) is 11.4. The molecular formula is C24H24F7N5O3S. The predicted molar refractivity (Wildman–Crippen MR) is 135 cm³/mol. The van der Waals surface area contributed by atoms with Crippen molar-refractivity contribution in [3.8, 4) is 5.75 Å². The van der Waals surface area contributed by atoms with Gasteiger partial charge in [0, 0.05) is 33.7 Å². The zero-order chi connectivity index (χ0) is 30.0. The summed E-state index contributed by atoms with van der Waals surface area (Å²) >= 11 is 0. The number of fused-ring (bicyclic) bond motifs is 1. The first-order valence-corrected chi connectivity index (χ1v) is 13.7. The van der Waals surface area contributed by atoms with Crippen molar-refractivity contribution in [1.29, 1.82) is 0 Å². The molecule has 40 heavy (non-hydrogen) atoms. The second-order valence-electron chi connectivity index (χ2n) is 9.10. The van der Waals surface area contributed by atoms with Gasteiger partial charge in [-0.25, -0.2) is 18.6 Å². The molecule has 0 saturated heterocycles. The van der Waals surface area contributed by atoms with E-state index in [2.05, 4.69) is 19.6 Å². The molecule has 0 fully saturated rings. The zero-order valence-electron chi connectivity index (χ0n) is 21.5. The van der Waals surface area contributed by atoms with Crippen molar-refractivity contribution in [3.05, 3.63) is 48.0 Å².